The Balaban J connectivity index is 2.26. The van der Waals surface area contributed by atoms with E-state index in [4.69, 9.17) is 5.11 Å². The van der Waals surface area contributed by atoms with Crippen molar-refractivity contribution in [1.82, 2.24) is 10.2 Å². The van der Waals surface area contributed by atoms with Crippen molar-refractivity contribution in [3.63, 3.8) is 0 Å². The first-order valence-corrected chi connectivity index (χ1v) is 5.37. The minimum Gasteiger partial charge on any atom is -0.396 e. The van der Waals surface area contributed by atoms with Crippen molar-refractivity contribution in [2.75, 3.05) is 33.3 Å². The summed E-state index contributed by atoms with van der Waals surface area (Å²) in [4.78, 5) is 2.46. The molecular formula is C10H22N2O. The SMILES string of the molecule is CNC1CCCCN(CCCO)C1. The molecule has 0 aromatic rings. The first-order chi connectivity index (χ1) is 6.36. The van der Waals surface area contributed by atoms with Gasteiger partial charge in [-0.05, 0) is 32.9 Å². The predicted molar refractivity (Wildman–Crippen MR) is 54.8 cm³/mol. The monoisotopic (exact) mass is 186 g/mol. The van der Waals surface area contributed by atoms with E-state index < -0.39 is 0 Å². The van der Waals surface area contributed by atoms with Crippen molar-refractivity contribution in [1.29, 1.82) is 0 Å². The van der Waals surface area contributed by atoms with Gasteiger partial charge in [0.2, 0.25) is 0 Å². The van der Waals surface area contributed by atoms with Gasteiger partial charge in [0.25, 0.3) is 0 Å². The second-order valence-electron chi connectivity index (χ2n) is 3.86. The lowest BCUT2D eigenvalue weighted by atomic mass is 10.1. The van der Waals surface area contributed by atoms with E-state index in [0.29, 0.717) is 12.6 Å². The number of hydrogen-bond donors (Lipinski definition) is 2. The molecule has 1 heterocycles. The van der Waals surface area contributed by atoms with Gasteiger partial charge in [0.05, 0.1) is 0 Å². The van der Waals surface area contributed by atoms with Gasteiger partial charge < -0.3 is 15.3 Å². The summed E-state index contributed by atoms with van der Waals surface area (Å²) in [7, 11) is 2.04. The van der Waals surface area contributed by atoms with E-state index in [-0.39, 0.29) is 0 Å². The van der Waals surface area contributed by atoms with Gasteiger partial charge >= 0.3 is 0 Å². The number of aliphatic hydroxyl groups is 1. The van der Waals surface area contributed by atoms with Gasteiger partial charge in [0.1, 0.15) is 0 Å². The molecule has 2 N–H and O–H groups in total. The number of likely N-dealkylation sites (tertiary alicyclic amines) is 1. The van der Waals surface area contributed by atoms with Crippen molar-refractivity contribution < 1.29 is 5.11 Å². The molecule has 1 rings (SSSR count). The Bertz CT molecular complexity index is 130. The fourth-order valence-corrected chi connectivity index (χ4v) is 1.95. The molecule has 0 aromatic carbocycles. The maximum atomic E-state index is 8.75. The van der Waals surface area contributed by atoms with Crippen molar-refractivity contribution in [3.8, 4) is 0 Å². The van der Waals surface area contributed by atoms with Crippen LogP contribution in [0, 0.1) is 0 Å². The first-order valence-electron chi connectivity index (χ1n) is 5.37. The lowest BCUT2D eigenvalue weighted by molar-refractivity contribution is 0.219. The minimum absolute atomic E-state index is 0.320. The predicted octanol–water partition coefficient (Wildman–Crippen LogP) is 0.443. The van der Waals surface area contributed by atoms with Crippen molar-refractivity contribution in [2.45, 2.75) is 31.7 Å². The molecule has 1 fully saturated rings. The summed E-state index contributed by atoms with van der Waals surface area (Å²) >= 11 is 0. The zero-order valence-corrected chi connectivity index (χ0v) is 8.63. The molecule has 3 nitrogen and oxygen atoms in total. The fraction of sp³-hybridized carbons (Fsp3) is 1.00. The van der Waals surface area contributed by atoms with Crippen molar-refractivity contribution in [3.05, 3.63) is 0 Å². The molecule has 1 saturated heterocycles. The first kappa shape index (κ1) is 11.0. The number of hydrogen-bond acceptors (Lipinski definition) is 3. The summed E-state index contributed by atoms with van der Waals surface area (Å²) in [5.74, 6) is 0. The molecule has 0 bridgehead atoms. The zero-order valence-electron chi connectivity index (χ0n) is 8.63. The second-order valence-corrected chi connectivity index (χ2v) is 3.86. The maximum absolute atomic E-state index is 8.75. The van der Waals surface area contributed by atoms with Crippen LogP contribution < -0.4 is 5.32 Å². The van der Waals surface area contributed by atoms with Crippen molar-refractivity contribution >= 4 is 0 Å². The van der Waals surface area contributed by atoms with Crippen LogP contribution in [0.15, 0.2) is 0 Å². The molecule has 3 heteroatoms. The number of likely N-dealkylation sites (N-methyl/N-ethyl adjacent to an activating group) is 1. The molecule has 1 unspecified atom stereocenters. The van der Waals surface area contributed by atoms with Gasteiger partial charge in [-0.2, -0.15) is 0 Å². The van der Waals surface area contributed by atoms with Crippen LogP contribution in [0.3, 0.4) is 0 Å². The molecule has 1 aliphatic rings. The summed E-state index contributed by atoms with van der Waals surface area (Å²) in [6.45, 7) is 3.73. The van der Waals surface area contributed by atoms with Crippen LogP contribution in [-0.2, 0) is 0 Å². The van der Waals surface area contributed by atoms with Gasteiger partial charge in [-0.15, -0.1) is 0 Å². The molecule has 0 aliphatic carbocycles. The van der Waals surface area contributed by atoms with Gasteiger partial charge in [-0.3, -0.25) is 0 Å². The van der Waals surface area contributed by atoms with E-state index in [1.807, 2.05) is 7.05 Å². The molecule has 0 amide bonds. The van der Waals surface area contributed by atoms with E-state index in [9.17, 15) is 0 Å². The largest absolute Gasteiger partial charge is 0.396 e. The van der Waals surface area contributed by atoms with E-state index in [1.165, 1.54) is 25.8 Å². The van der Waals surface area contributed by atoms with Crippen LogP contribution in [-0.4, -0.2) is 49.3 Å². The lowest BCUT2D eigenvalue weighted by Gasteiger charge is -2.23. The van der Waals surface area contributed by atoms with Crippen LogP contribution in [0.1, 0.15) is 25.7 Å². The van der Waals surface area contributed by atoms with Crippen LogP contribution in [0.4, 0.5) is 0 Å². The Morgan fingerprint density at radius 3 is 3.00 bits per heavy atom. The molecule has 0 spiro atoms. The molecule has 0 saturated carbocycles. The van der Waals surface area contributed by atoms with Crippen molar-refractivity contribution in [2.24, 2.45) is 0 Å². The van der Waals surface area contributed by atoms with E-state index >= 15 is 0 Å². The third-order valence-electron chi connectivity index (χ3n) is 2.80. The van der Waals surface area contributed by atoms with E-state index in [1.54, 1.807) is 0 Å². The molecule has 13 heavy (non-hydrogen) atoms. The van der Waals surface area contributed by atoms with Crippen LogP contribution in [0.5, 0.6) is 0 Å². The minimum atomic E-state index is 0.320. The zero-order chi connectivity index (χ0) is 9.52. The maximum Gasteiger partial charge on any atom is 0.0443 e. The normalized spacial score (nSPS) is 25.8. The van der Waals surface area contributed by atoms with Gasteiger partial charge in [-0.25, -0.2) is 0 Å². The molecule has 1 atom stereocenters. The third kappa shape index (κ3) is 4.07. The molecule has 0 aromatic heterocycles. The highest BCUT2D eigenvalue weighted by molar-refractivity contribution is 4.74. The highest BCUT2D eigenvalue weighted by Crippen LogP contribution is 2.10. The number of nitrogens with zero attached hydrogens (tertiary/aromatic N) is 1. The fourth-order valence-electron chi connectivity index (χ4n) is 1.95. The van der Waals surface area contributed by atoms with Gasteiger partial charge in [0.15, 0.2) is 0 Å². The Hall–Kier alpha value is -0.120. The molecule has 78 valence electrons. The topological polar surface area (TPSA) is 35.5 Å². The summed E-state index contributed by atoms with van der Waals surface area (Å²) in [5.41, 5.74) is 0. The summed E-state index contributed by atoms with van der Waals surface area (Å²) < 4.78 is 0. The standard InChI is InChI=1S/C10H22N2O/c1-11-10-5-2-3-6-12(9-10)7-4-8-13/h10-11,13H,2-9H2,1H3. The summed E-state index contributed by atoms with van der Waals surface area (Å²) in [5, 5.41) is 12.1. The Morgan fingerprint density at radius 2 is 2.31 bits per heavy atom. The third-order valence-corrected chi connectivity index (χ3v) is 2.80. The molecular weight excluding hydrogens is 164 g/mol. The smallest absolute Gasteiger partial charge is 0.0443 e. The van der Waals surface area contributed by atoms with Crippen LogP contribution >= 0.6 is 0 Å². The Morgan fingerprint density at radius 1 is 1.46 bits per heavy atom. The van der Waals surface area contributed by atoms with Crippen LogP contribution in [0.2, 0.25) is 0 Å². The number of rotatable bonds is 4. The Kier molecular flexibility index (Phi) is 5.35. The quantitative estimate of drug-likeness (QED) is 0.669. The average molecular weight is 186 g/mol. The average Bonchev–Trinajstić information content (AvgIpc) is 2.39. The highest BCUT2D eigenvalue weighted by Gasteiger charge is 2.15. The van der Waals surface area contributed by atoms with E-state index in [2.05, 4.69) is 10.2 Å². The number of aliphatic hydroxyl groups excluding tert-OH is 1. The molecule has 0 radical (unpaired) electrons. The number of nitrogens with one attached hydrogen (secondary N) is 1. The van der Waals surface area contributed by atoms with E-state index in [0.717, 1.165) is 19.5 Å². The Labute approximate surface area is 81.1 Å². The second kappa shape index (κ2) is 6.35. The lowest BCUT2D eigenvalue weighted by Crippen LogP contribution is -2.38. The van der Waals surface area contributed by atoms with Gasteiger partial charge in [0, 0.05) is 25.7 Å². The summed E-state index contributed by atoms with van der Waals surface area (Å²) in [6.07, 6.45) is 4.85. The highest BCUT2D eigenvalue weighted by atomic mass is 16.3. The summed E-state index contributed by atoms with van der Waals surface area (Å²) in [6, 6.07) is 0.654. The molecule has 1 aliphatic heterocycles. The van der Waals surface area contributed by atoms with Crippen LogP contribution in [0.25, 0.3) is 0 Å². The van der Waals surface area contributed by atoms with Gasteiger partial charge in [-0.1, -0.05) is 6.42 Å².